The number of ether oxygens (including phenoxy) is 5. The summed E-state index contributed by atoms with van der Waals surface area (Å²) >= 11 is 0. The predicted molar refractivity (Wildman–Crippen MR) is 95.0 cm³/mol. The molecule has 0 radical (unpaired) electrons. The molecule has 1 rings (SSSR count). The van der Waals surface area contributed by atoms with Crippen LogP contribution in [0.1, 0.15) is 64.7 Å². The van der Waals surface area contributed by atoms with Crippen LogP contribution < -0.4 is 0 Å². The van der Waals surface area contributed by atoms with Crippen LogP contribution in [0.3, 0.4) is 0 Å². The topological polar surface area (TPSA) is 49.5 Å². The molecule has 0 aromatic carbocycles. The van der Waals surface area contributed by atoms with Gasteiger partial charge in [-0.25, -0.2) is 0 Å². The first-order valence-corrected chi connectivity index (χ1v) is 9.57. The molecule has 0 bridgehead atoms. The Morgan fingerprint density at radius 1 is 0.917 bits per heavy atom. The van der Waals surface area contributed by atoms with E-state index in [1.807, 2.05) is 0 Å². The molecule has 2 atom stereocenters. The monoisotopic (exact) mass is 346 g/mol. The van der Waals surface area contributed by atoms with Crippen molar-refractivity contribution in [3.8, 4) is 0 Å². The van der Waals surface area contributed by atoms with Crippen molar-refractivity contribution < 1.29 is 23.7 Å². The van der Waals surface area contributed by atoms with Crippen molar-refractivity contribution >= 4 is 0 Å². The molecule has 24 heavy (non-hydrogen) atoms. The van der Waals surface area contributed by atoms with Crippen molar-refractivity contribution in [1.29, 1.82) is 0 Å². The van der Waals surface area contributed by atoms with E-state index in [-0.39, 0.29) is 5.92 Å². The molecule has 1 aliphatic heterocycles. The lowest BCUT2D eigenvalue weighted by atomic mass is 9.93. The minimum Gasteiger partial charge on any atom is -0.379 e. The molecule has 0 spiro atoms. The third-order valence-corrected chi connectivity index (χ3v) is 4.81. The van der Waals surface area contributed by atoms with E-state index in [9.17, 15) is 0 Å². The van der Waals surface area contributed by atoms with E-state index in [1.54, 1.807) is 21.3 Å². The zero-order chi connectivity index (χ0) is 17.7. The second kappa shape index (κ2) is 13.1. The van der Waals surface area contributed by atoms with Crippen LogP contribution in [0.5, 0.6) is 0 Å². The Balaban J connectivity index is 2.32. The van der Waals surface area contributed by atoms with Gasteiger partial charge in [-0.15, -0.1) is 0 Å². The summed E-state index contributed by atoms with van der Waals surface area (Å²) < 4.78 is 27.6. The number of hydrogen-bond donors (Lipinski definition) is 0. The SMILES string of the molecule is CCCCCCCC[C@H](CCCOCC1CO1)C(OC)(OC)OC. The second-order valence-electron chi connectivity index (χ2n) is 6.64. The van der Waals surface area contributed by atoms with Gasteiger partial charge in [0.1, 0.15) is 6.10 Å². The predicted octanol–water partition coefficient (Wildman–Crippen LogP) is 4.14. The second-order valence-corrected chi connectivity index (χ2v) is 6.64. The molecule has 0 aromatic rings. The van der Waals surface area contributed by atoms with Crippen molar-refractivity contribution in [1.82, 2.24) is 0 Å². The molecule has 1 heterocycles. The van der Waals surface area contributed by atoms with Gasteiger partial charge in [0, 0.05) is 33.9 Å². The molecule has 144 valence electrons. The number of epoxide rings is 1. The Labute approximate surface area is 148 Å². The van der Waals surface area contributed by atoms with Crippen LogP contribution >= 0.6 is 0 Å². The Kier molecular flexibility index (Phi) is 11.9. The van der Waals surface area contributed by atoms with E-state index >= 15 is 0 Å². The van der Waals surface area contributed by atoms with Crippen LogP contribution in [0.25, 0.3) is 0 Å². The van der Waals surface area contributed by atoms with Crippen LogP contribution in [0, 0.1) is 5.92 Å². The van der Waals surface area contributed by atoms with E-state index in [4.69, 9.17) is 23.7 Å². The van der Waals surface area contributed by atoms with Crippen molar-refractivity contribution in [2.45, 2.75) is 76.8 Å². The van der Waals surface area contributed by atoms with Gasteiger partial charge < -0.3 is 23.7 Å². The molecule has 1 saturated heterocycles. The lowest BCUT2D eigenvalue weighted by Gasteiger charge is -2.36. The minimum atomic E-state index is -0.941. The standard InChI is InChI=1S/C19H38O5/c1-5-6-7-8-9-10-12-17(19(20-2,21-3)22-4)13-11-14-23-15-18-16-24-18/h17-18H,5-16H2,1-4H3/t17-,18?/m1/s1. The van der Waals surface area contributed by atoms with Gasteiger partial charge in [0.15, 0.2) is 0 Å². The van der Waals surface area contributed by atoms with Crippen molar-refractivity contribution in [2.24, 2.45) is 5.92 Å². The van der Waals surface area contributed by atoms with Crippen molar-refractivity contribution in [3.63, 3.8) is 0 Å². The van der Waals surface area contributed by atoms with E-state index < -0.39 is 5.97 Å². The largest absolute Gasteiger partial charge is 0.379 e. The minimum absolute atomic E-state index is 0.212. The number of unbranched alkanes of at least 4 members (excludes halogenated alkanes) is 5. The molecule has 0 aliphatic carbocycles. The maximum atomic E-state index is 5.64. The Hall–Kier alpha value is -0.200. The maximum Gasteiger partial charge on any atom is 0.285 e. The van der Waals surface area contributed by atoms with Gasteiger partial charge in [0.05, 0.1) is 13.2 Å². The molecule has 1 aliphatic rings. The highest BCUT2D eigenvalue weighted by Gasteiger charge is 2.39. The summed E-state index contributed by atoms with van der Waals surface area (Å²) in [7, 11) is 4.96. The fraction of sp³-hybridized carbons (Fsp3) is 1.00. The molecule has 5 heteroatoms. The first kappa shape index (κ1) is 21.8. The summed E-state index contributed by atoms with van der Waals surface area (Å²) in [4.78, 5) is 0. The Bertz CT molecular complexity index is 281. The highest BCUT2D eigenvalue weighted by molar-refractivity contribution is 4.72. The first-order chi connectivity index (χ1) is 11.7. The quantitative estimate of drug-likeness (QED) is 0.225. The third-order valence-electron chi connectivity index (χ3n) is 4.81. The first-order valence-electron chi connectivity index (χ1n) is 9.57. The van der Waals surface area contributed by atoms with Crippen LogP contribution in [-0.4, -0.2) is 53.2 Å². The van der Waals surface area contributed by atoms with Gasteiger partial charge in [-0.05, 0) is 19.3 Å². The van der Waals surface area contributed by atoms with E-state index in [0.29, 0.717) is 12.7 Å². The average Bonchev–Trinajstić information content (AvgIpc) is 3.43. The molecule has 0 amide bonds. The van der Waals surface area contributed by atoms with Crippen molar-refractivity contribution in [3.05, 3.63) is 0 Å². The average molecular weight is 347 g/mol. The molecule has 5 nitrogen and oxygen atoms in total. The van der Waals surface area contributed by atoms with Crippen LogP contribution in [0.2, 0.25) is 0 Å². The molecule has 1 unspecified atom stereocenters. The maximum absolute atomic E-state index is 5.64. The summed E-state index contributed by atoms with van der Waals surface area (Å²) in [6.45, 7) is 4.56. The van der Waals surface area contributed by atoms with Gasteiger partial charge in [0.25, 0.3) is 5.97 Å². The Morgan fingerprint density at radius 3 is 2.08 bits per heavy atom. The molecular formula is C19H38O5. The number of hydrogen-bond acceptors (Lipinski definition) is 5. The number of rotatable bonds is 17. The van der Waals surface area contributed by atoms with Gasteiger partial charge in [0.2, 0.25) is 0 Å². The number of methoxy groups -OCH3 is 3. The fourth-order valence-electron chi connectivity index (χ4n) is 3.23. The fourth-order valence-corrected chi connectivity index (χ4v) is 3.23. The van der Waals surface area contributed by atoms with Crippen LogP contribution in [0.4, 0.5) is 0 Å². The molecule has 0 aromatic heterocycles. The smallest absolute Gasteiger partial charge is 0.285 e. The van der Waals surface area contributed by atoms with Crippen LogP contribution in [-0.2, 0) is 23.7 Å². The van der Waals surface area contributed by atoms with Gasteiger partial charge >= 0.3 is 0 Å². The molecular weight excluding hydrogens is 308 g/mol. The highest BCUT2D eigenvalue weighted by atomic mass is 16.9. The van der Waals surface area contributed by atoms with Gasteiger partial charge in [-0.1, -0.05) is 45.4 Å². The van der Waals surface area contributed by atoms with E-state index in [0.717, 1.165) is 32.5 Å². The van der Waals surface area contributed by atoms with Crippen LogP contribution in [0.15, 0.2) is 0 Å². The summed E-state index contributed by atoms with van der Waals surface area (Å²) in [5.74, 6) is -0.729. The molecule has 1 fully saturated rings. The molecule has 0 saturated carbocycles. The third kappa shape index (κ3) is 8.26. The van der Waals surface area contributed by atoms with Gasteiger partial charge in [-0.2, -0.15) is 0 Å². The zero-order valence-electron chi connectivity index (χ0n) is 16.2. The van der Waals surface area contributed by atoms with Gasteiger partial charge in [-0.3, -0.25) is 0 Å². The highest BCUT2D eigenvalue weighted by Crippen LogP contribution is 2.32. The zero-order valence-corrected chi connectivity index (χ0v) is 16.2. The summed E-state index contributed by atoms with van der Waals surface area (Å²) in [5.41, 5.74) is 0. The summed E-state index contributed by atoms with van der Waals surface area (Å²) in [6, 6.07) is 0. The molecule has 0 N–H and O–H groups in total. The Morgan fingerprint density at radius 2 is 1.50 bits per heavy atom. The van der Waals surface area contributed by atoms with E-state index in [1.165, 1.54) is 38.5 Å². The summed E-state index contributed by atoms with van der Waals surface area (Å²) in [5, 5.41) is 0. The van der Waals surface area contributed by atoms with Crippen molar-refractivity contribution in [2.75, 3.05) is 41.2 Å². The normalized spacial score (nSPS) is 18.8. The lowest BCUT2D eigenvalue weighted by Crippen LogP contribution is -2.44. The van der Waals surface area contributed by atoms with E-state index in [2.05, 4.69) is 6.92 Å². The lowest BCUT2D eigenvalue weighted by molar-refractivity contribution is -0.380. The summed E-state index contributed by atoms with van der Waals surface area (Å²) in [6.07, 6.45) is 11.0.